The summed E-state index contributed by atoms with van der Waals surface area (Å²) in [6, 6.07) is 2.50. The van der Waals surface area contributed by atoms with E-state index in [9.17, 15) is 18.0 Å². The molecule has 0 spiro atoms. The molecule has 0 atom stereocenters. The molecule has 1 saturated carbocycles. The van der Waals surface area contributed by atoms with Crippen LogP contribution >= 0.6 is 0 Å². The van der Waals surface area contributed by atoms with Gasteiger partial charge < -0.3 is 20.1 Å². The Balaban J connectivity index is 2.22. The van der Waals surface area contributed by atoms with Crippen LogP contribution < -0.4 is 10.1 Å². The number of nitrogens with one attached hydrogen (secondary N) is 1. The topological polar surface area (TPSA) is 61.8 Å². The lowest BCUT2D eigenvalue weighted by Crippen LogP contribution is -2.38. The quantitative estimate of drug-likeness (QED) is 0.795. The minimum atomic E-state index is -4.51. The van der Waals surface area contributed by atoms with E-state index in [1.807, 2.05) is 6.92 Å². The Morgan fingerprint density at radius 1 is 1.42 bits per heavy atom. The molecule has 0 aliphatic heterocycles. The Morgan fingerprint density at radius 2 is 2.12 bits per heavy atom. The van der Waals surface area contributed by atoms with Gasteiger partial charge in [0, 0.05) is 12.6 Å². The van der Waals surface area contributed by atoms with Crippen molar-refractivity contribution < 1.29 is 27.8 Å². The molecular weight excluding hydrogens is 325 g/mol. The second-order valence-electron chi connectivity index (χ2n) is 5.64. The van der Waals surface area contributed by atoms with Crippen LogP contribution in [0.1, 0.15) is 31.7 Å². The van der Waals surface area contributed by atoms with Crippen LogP contribution in [0.3, 0.4) is 0 Å². The molecule has 0 radical (unpaired) electrons. The number of hydrogen-bond donors (Lipinski definition) is 2. The zero-order valence-corrected chi connectivity index (χ0v) is 13.4. The number of aliphatic hydroxyl groups is 1. The Bertz CT molecular complexity index is 574. The molecule has 1 aliphatic rings. The smallest absolute Gasteiger partial charge is 0.416 e. The molecule has 2 amide bonds. The van der Waals surface area contributed by atoms with E-state index in [1.165, 1.54) is 11.0 Å². The average Bonchev–Trinajstić information content (AvgIpc) is 3.35. The van der Waals surface area contributed by atoms with Crippen molar-refractivity contribution in [2.45, 2.75) is 38.4 Å². The van der Waals surface area contributed by atoms with Gasteiger partial charge in [0.05, 0.1) is 24.5 Å². The lowest BCUT2D eigenvalue weighted by atomic mass is 10.1. The Hall–Kier alpha value is -1.96. The first-order valence-corrected chi connectivity index (χ1v) is 7.89. The number of aliphatic hydroxyl groups excluding tert-OH is 1. The number of carbonyl (C=O) groups is 1. The molecular formula is C16H21F3N2O3. The van der Waals surface area contributed by atoms with Crippen LogP contribution in [0.4, 0.5) is 23.7 Å². The molecule has 0 saturated heterocycles. The molecule has 0 unspecified atom stereocenters. The minimum Gasteiger partial charge on any atom is -0.491 e. The number of rotatable bonds is 7. The van der Waals surface area contributed by atoms with Gasteiger partial charge in [-0.25, -0.2) is 4.79 Å². The molecule has 0 heterocycles. The lowest BCUT2D eigenvalue weighted by molar-refractivity contribution is -0.137. The number of hydrogen-bond acceptors (Lipinski definition) is 3. The van der Waals surface area contributed by atoms with Crippen molar-refractivity contribution >= 4 is 11.7 Å². The fraction of sp³-hybridized carbons (Fsp3) is 0.562. The SMILES string of the molecule is CCCOc1ccc(C(F)(F)F)cc1NC(=O)N(CCO)C1CC1. The molecule has 1 aromatic carbocycles. The van der Waals surface area contributed by atoms with Crippen LogP contribution in [-0.2, 0) is 6.18 Å². The van der Waals surface area contributed by atoms with Crippen molar-refractivity contribution in [3.63, 3.8) is 0 Å². The van der Waals surface area contributed by atoms with Crippen LogP contribution in [-0.4, -0.2) is 41.8 Å². The summed E-state index contributed by atoms with van der Waals surface area (Å²) in [4.78, 5) is 13.8. The first-order chi connectivity index (χ1) is 11.4. The highest BCUT2D eigenvalue weighted by molar-refractivity contribution is 5.91. The third-order valence-electron chi connectivity index (χ3n) is 3.60. The van der Waals surface area contributed by atoms with Gasteiger partial charge in [-0.1, -0.05) is 6.92 Å². The molecule has 5 nitrogen and oxygen atoms in total. The number of alkyl halides is 3. The van der Waals surface area contributed by atoms with Gasteiger partial charge in [-0.05, 0) is 37.5 Å². The Labute approximate surface area is 138 Å². The van der Waals surface area contributed by atoms with Crippen molar-refractivity contribution in [2.75, 3.05) is 25.1 Å². The van der Waals surface area contributed by atoms with E-state index in [4.69, 9.17) is 9.84 Å². The summed E-state index contributed by atoms with van der Waals surface area (Å²) in [6.45, 7) is 2.14. The normalized spacial score (nSPS) is 14.4. The van der Waals surface area contributed by atoms with Gasteiger partial charge >= 0.3 is 12.2 Å². The molecule has 134 valence electrons. The fourth-order valence-corrected chi connectivity index (χ4v) is 2.27. The van der Waals surface area contributed by atoms with E-state index in [0.29, 0.717) is 13.0 Å². The van der Waals surface area contributed by atoms with Gasteiger partial charge in [-0.3, -0.25) is 0 Å². The van der Waals surface area contributed by atoms with Crippen LogP contribution in [0.5, 0.6) is 5.75 Å². The summed E-state index contributed by atoms with van der Waals surface area (Å²) in [5.41, 5.74) is -0.881. The summed E-state index contributed by atoms with van der Waals surface area (Å²) in [7, 11) is 0. The zero-order chi connectivity index (χ0) is 17.7. The van der Waals surface area contributed by atoms with E-state index in [0.717, 1.165) is 25.0 Å². The monoisotopic (exact) mass is 346 g/mol. The molecule has 0 aromatic heterocycles. The van der Waals surface area contributed by atoms with Gasteiger partial charge in [-0.15, -0.1) is 0 Å². The largest absolute Gasteiger partial charge is 0.491 e. The number of halogens is 3. The number of amides is 2. The van der Waals surface area contributed by atoms with Gasteiger partial charge in [0.15, 0.2) is 0 Å². The molecule has 1 aromatic rings. The maximum absolute atomic E-state index is 12.9. The minimum absolute atomic E-state index is 0.0214. The number of nitrogens with zero attached hydrogens (tertiary/aromatic N) is 1. The lowest BCUT2D eigenvalue weighted by Gasteiger charge is -2.23. The first kappa shape index (κ1) is 18.4. The second-order valence-corrected chi connectivity index (χ2v) is 5.64. The van der Waals surface area contributed by atoms with Gasteiger partial charge in [-0.2, -0.15) is 13.2 Å². The predicted molar refractivity (Wildman–Crippen MR) is 83.1 cm³/mol. The number of carbonyl (C=O) groups excluding carboxylic acids is 1. The third-order valence-corrected chi connectivity index (χ3v) is 3.60. The summed E-state index contributed by atoms with van der Waals surface area (Å²) in [6.07, 6.45) is -2.17. The van der Waals surface area contributed by atoms with Crippen LogP contribution in [0.25, 0.3) is 0 Å². The van der Waals surface area contributed by atoms with Crippen LogP contribution in [0, 0.1) is 0 Å². The van der Waals surface area contributed by atoms with Crippen molar-refractivity contribution in [1.82, 2.24) is 4.90 Å². The van der Waals surface area contributed by atoms with Gasteiger partial charge in [0.25, 0.3) is 0 Å². The first-order valence-electron chi connectivity index (χ1n) is 7.89. The highest BCUT2D eigenvalue weighted by atomic mass is 19.4. The molecule has 1 fully saturated rings. The third kappa shape index (κ3) is 4.77. The maximum Gasteiger partial charge on any atom is 0.416 e. The van der Waals surface area contributed by atoms with E-state index >= 15 is 0 Å². The molecule has 8 heteroatoms. The average molecular weight is 346 g/mol. The molecule has 24 heavy (non-hydrogen) atoms. The summed E-state index contributed by atoms with van der Waals surface area (Å²) >= 11 is 0. The number of benzene rings is 1. The summed E-state index contributed by atoms with van der Waals surface area (Å²) < 4.78 is 44.1. The standard InChI is InChI=1S/C16H21F3N2O3/c1-2-9-24-14-6-3-11(16(17,18)19)10-13(14)20-15(23)21(7-8-22)12-4-5-12/h3,6,10,12,22H,2,4-5,7-9H2,1H3,(H,20,23). The Morgan fingerprint density at radius 3 is 2.67 bits per heavy atom. The molecule has 0 bridgehead atoms. The highest BCUT2D eigenvalue weighted by Crippen LogP contribution is 2.36. The predicted octanol–water partition coefficient (Wildman–Crippen LogP) is 3.48. The van der Waals surface area contributed by atoms with Gasteiger partial charge in [0.2, 0.25) is 0 Å². The van der Waals surface area contributed by atoms with Crippen molar-refractivity contribution in [1.29, 1.82) is 0 Å². The van der Waals surface area contributed by atoms with Crippen LogP contribution in [0.2, 0.25) is 0 Å². The number of urea groups is 1. The van der Waals surface area contributed by atoms with E-state index in [2.05, 4.69) is 5.32 Å². The van der Waals surface area contributed by atoms with E-state index in [-0.39, 0.29) is 30.6 Å². The zero-order valence-electron chi connectivity index (χ0n) is 13.4. The Kier molecular flexibility index (Phi) is 5.93. The molecule has 2 rings (SSSR count). The van der Waals surface area contributed by atoms with Crippen molar-refractivity contribution in [3.05, 3.63) is 23.8 Å². The number of ether oxygens (including phenoxy) is 1. The molecule has 2 N–H and O–H groups in total. The van der Waals surface area contributed by atoms with E-state index < -0.39 is 17.8 Å². The maximum atomic E-state index is 12.9. The second kappa shape index (κ2) is 7.74. The van der Waals surface area contributed by atoms with Crippen molar-refractivity contribution in [3.8, 4) is 5.75 Å². The fourth-order valence-electron chi connectivity index (χ4n) is 2.27. The number of anilines is 1. The highest BCUT2D eigenvalue weighted by Gasteiger charge is 2.34. The molecule has 1 aliphatic carbocycles. The van der Waals surface area contributed by atoms with Crippen molar-refractivity contribution in [2.24, 2.45) is 0 Å². The van der Waals surface area contributed by atoms with E-state index in [1.54, 1.807) is 0 Å². The summed E-state index contributed by atoms with van der Waals surface area (Å²) in [5.74, 6) is 0.193. The summed E-state index contributed by atoms with van der Waals surface area (Å²) in [5, 5.41) is 11.5. The van der Waals surface area contributed by atoms with Crippen LogP contribution in [0.15, 0.2) is 18.2 Å². The van der Waals surface area contributed by atoms with Gasteiger partial charge in [0.1, 0.15) is 5.75 Å².